The van der Waals surface area contributed by atoms with Gasteiger partial charge in [0.2, 0.25) is 5.91 Å². The first-order chi connectivity index (χ1) is 10.5. The van der Waals surface area contributed by atoms with E-state index in [-0.39, 0.29) is 11.4 Å². The van der Waals surface area contributed by atoms with Crippen molar-refractivity contribution in [3.63, 3.8) is 0 Å². The molecule has 0 unspecified atom stereocenters. The fraction of sp³-hybridized carbons (Fsp3) is 0.526. The highest BCUT2D eigenvalue weighted by Gasteiger charge is 2.29. The van der Waals surface area contributed by atoms with Crippen molar-refractivity contribution in [1.82, 2.24) is 10.2 Å². The summed E-state index contributed by atoms with van der Waals surface area (Å²) in [5, 5.41) is 3.12. The van der Waals surface area contributed by atoms with Gasteiger partial charge in [-0.15, -0.1) is 0 Å². The highest BCUT2D eigenvalue weighted by Crippen LogP contribution is 2.20. The van der Waals surface area contributed by atoms with E-state index >= 15 is 0 Å². The largest absolute Gasteiger partial charge is 0.350 e. The van der Waals surface area contributed by atoms with Crippen LogP contribution in [0, 0.1) is 0 Å². The zero-order chi connectivity index (χ0) is 16.0. The number of carbonyl (C=O) groups excluding carboxylic acids is 1. The summed E-state index contributed by atoms with van der Waals surface area (Å²) in [6.45, 7) is 9.43. The third-order valence-corrected chi connectivity index (χ3v) is 4.46. The lowest BCUT2D eigenvalue weighted by Crippen LogP contribution is -2.50. The molecule has 0 aromatic heterocycles. The smallest absolute Gasteiger partial charge is 0.247 e. The molecule has 120 valence electrons. The molecule has 0 bridgehead atoms. The summed E-state index contributed by atoms with van der Waals surface area (Å²) in [5.41, 5.74) is 1.94. The number of benzene rings is 1. The van der Waals surface area contributed by atoms with Crippen molar-refractivity contribution in [1.29, 1.82) is 0 Å². The average Bonchev–Trinajstić information content (AvgIpc) is 3.07. The van der Waals surface area contributed by atoms with Crippen molar-refractivity contribution in [2.45, 2.75) is 45.6 Å². The first kappa shape index (κ1) is 16.8. The molecule has 0 aliphatic carbocycles. The lowest BCUT2D eigenvalue weighted by Gasteiger charge is -2.35. The molecule has 1 aromatic rings. The Hall–Kier alpha value is -1.61. The second-order valence-corrected chi connectivity index (χ2v) is 6.62. The summed E-state index contributed by atoms with van der Waals surface area (Å²) in [6.07, 6.45) is 5.26. The third-order valence-electron chi connectivity index (χ3n) is 4.46. The van der Waals surface area contributed by atoms with Crippen LogP contribution in [0.15, 0.2) is 35.9 Å². The molecule has 1 aromatic carbocycles. The molecule has 0 atom stereocenters. The molecule has 0 radical (unpaired) electrons. The first-order valence-electron chi connectivity index (χ1n) is 8.32. The van der Waals surface area contributed by atoms with Crippen LogP contribution < -0.4 is 5.32 Å². The van der Waals surface area contributed by atoms with E-state index in [4.69, 9.17) is 0 Å². The molecule has 1 aliphatic rings. The number of amides is 1. The Bertz CT molecular complexity index is 513. The summed E-state index contributed by atoms with van der Waals surface area (Å²) < 4.78 is 0. The standard InChI is InChI=1S/C19H28N2O/c1-4-17(14-16-10-6-5-7-11-16)18(22)20-15-19(2,3)21-12-8-9-13-21/h5-7,10-11,14H,4,8-9,12-13,15H2,1-3H3,(H,20,22)/b17-14+. The monoisotopic (exact) mass is 300 g/mol. The molecule has 1 heterocycles. The van der Waals surface area contributed by atoms with Crippen molar-refractivity contribution in [3.8, 4) is 0 Å². The summed E-state index contributed by atoms with van der Waals surface area (Å²) in [7, 11) is 0. The zero-order valence-electron chi connectivity index (χ0n) is 14.1. The summed E-state index contributed by atoms with van der Waals surface area (Å²) in [4.78, 5) is 14.9. The minimum Gasteiger partial charge on any atom is -0.350 e. The van der Waals surface area contributed by atoms with E-state index in [1.807, 2.05) is 43.3 Å². The second kappa shape index (κ2) is 7.59. The topological polar surface area (TPSA) is 32.3 Å². The van der Waals surface area contributed by atoms with Gasteiger partial charge < -0.3 is 5.32 Å². The molecule has 22 heavy (non-hydrogen) atoms. The van der Waals surface area contributed by atoms with Crippen molar-refractivity contribution < 1.29 is 4.79 Å². The number of carbonyl (C=O) groups is 1. The normalized spacial score (nSPS) is 16.8. The quantitative estimate of drug-likeness (QED) is 0.816. The Kier molecular flexibility index (Phi) is 5.78. The maximum absolute atomic E-state index is 12.4. The molecule has 0 spiro atoms. The van der Waals surface area contributed by atoms with E-state index < -0.39 is 0 Å². The molecule has 1 aliphatic heterocycles. The van der Waals surface area contributed by atoms with E-state index in [0.29, 0.717) is 6.54 Å². The van der Waals surface area contributed by atoms with E-state index in [0.717, 1.165) is 30.6 Å². The second-order valence-electron chi connectivity index (χ2n) is 6.62. The number of nitrogens with one attached hydrogen (secondary N) is 1. The van der Waals surface area contributed by atoms with Gasteiger partial charge in [-0.05, 0) is 57.8 Å². The van der Waals surface area contributed by atoms with Gasteiger partial charge in [-0.1, -0.05) is 37.3 Å². The molecule has 1 amide bonds. The maximum atomic E-state index is 12.4. The minimum atomic E-state index is 0.0256. The predicted molar refractivity (Wildman–Crippen MR) is 92.6 cm³/mol. The number of hydrogen-bond donors (Lipinski definition) is 1. The van der Waals surface area contributed by atoms with Crippen LogP contribution >= 0.6 is 0 Å². The summed E-state index contributed by atoms with van der Waals surface area (Å²) in [5.74, 6) is 0.0543. The number of hydrogen-bond acceptors (Lipinski definition) is 2. The predicted octanol–water partition coefficient (Wildman–Crippen LogP) is 3.47. The van der Waals surface area contributed by atoms with Crippen molar-refractivity contribution in [3.05, 3.63) is 41.5 Å². The highest BCUT2D eigenvalue weighted by atomic mass is 16.1. The molecular weight excluding hydrogens is 272 g/mol. The Balaban J connectivity index is 1.96. The molecule has 3 nitrogen and oxygen atoms in total. The van der Waals surface area contributed by atoms with Crippen LogP contribution in [0.25, 0.3) is 6.08 Å². The van der Waals surface area contributed by atoms with Gasteiger partial charge in [0.25, 0.3) is 0 Å². The van der Waals surface area contributed by atoms with Crippen molar-refractivity contribution in [2.75, 3.05) is 19.6 Å². The van der Waals surface area contributed by atoms with Crippen LogP contribution in [0.4, 0.5) is 0 Å². The zero-order valence-corrected chi connectivity index (χ0v) is 14.1. The van der Waals surface area contributed by atoms with Gasteiger partial charge in [0.15, 0.2) is 0 Å². The fourth-order valence-electron chi connectivity index (χ4n) is 2.92. The summed E-state index contributed by atoms with van der Waals surface area (Å²) in [6, 6.07) is 10.0. The van der Waals surface area contributed by atoms with Crippen LogP contribution in [-0.4, -0.2) is 36.0 Å². The number of nitrogens with zero attached hydrogens (tertiary/aromatic N) is 1. The molecule has 1 fully saturated rings. The van der Waals surface area contributed by atoms with E-state index in [2.05, 4.69) is 24.1 Å². The molecule has 2 rings (SSSR count). The Labute approximate surface area is 134 Å². The van der Waals surface area contributed by atoms with Gasteiger partial charge in [-0.2, -0.15) is 0 Å². The lowest BCUT2D eigenvalue weighted by molar-refractivity contribution is -0.118. The van der Waals surface area contributed by atoms with Gasteiger partial charge >= 0.3 is 0 Å². The van der Waals surface area contributed by atoms with Crippen LogP contribution in [-0.2, 0) is 4.79 Å². The number of likely N-dealkylation sites (tertiary alicyclic amines) is 1. The Morgan fingerprint density at radius 2 is 1.86 bits per heavy atom. The molecule has 1 saturated heterocycles. The Morgan fingerprint density at radius 1 is 1.23 bits per heavy atom. The van der Waals surface area contributed by atoms with Crippen molar-refractivity contribution in [2.24, 2.45) is 0 Å². The molecular formula is C19H28N2O. The van der Waals surface area contributed by atoms with Gasteiger partial charge in [0.1, 0.15) is 0 Å². The highest BCUT2D eigenvalue weighted by molar-refractivity contribution is 5.97. The molecule has 3 heteroatoms. The fourth-order valence-corrected chi connectivity index (χ4v) is 2.92. The summed E-state index contributed by atoms with van der Waals surface area (Å²) >= 11 is 0. The van der Waals surface area contributed by atoms with E-state index in [9.17, 15) is 4.79 Å². The minimum absolute atomic E-state index is 0.0256. The lowest BCUT2D eigenvalue weighted by atomic mass is 10.0. The Morgan fingerprint density at radius 3 is 2.45 bits per heavy atom. The van der Waals surface area contributed by atoms with E-state index in [1.54, 1.807) is 0 Å². The van der Waals surface area contributed by atoms with Crippen LogP contribution in [0.5, 0.6) is 0 Å². The van der Waals surface area contributed by atoms with Gasteiger partial charge in [-0.25, -0.2) is 0 Å². The average molecular weight is 300 g/mol. The maximum Gasteiger partial charge on any atom is 0.247 e. The SMILES string of the molecule is CC/C(=C\c1ccccc1)C(=O)NCC(C)(C)N1CCCC1. The molecule has 1 N–H and O–H groups in total. The first-order valence-corrected chi connectivity index (χ1v) is 8.32. The molecule has 0 saturated carbocycles. The van der Waals surface area contributed by atoms with Gasteiger partial charge in [-0.3, -0.25) is 9.69 Å². The van der Waals surface area contributed by atoms with Gasteiger partial charge in [0, 0.05) is 17.7 Å². The van der Waals surface area contributed by atoms with Gasteiger partial charge in [0.05, 0.1) is 0 Å². The van der Waals surface area contributed by atoms with Crippen molar-refractivity contribution >= 4 is 12.0 Å². The van der Waals surface area contributed by atoms with Crippen LogP contribution in [0.2, 0.25) is 0 Å². The van der Waals surface area contributed by atoms with Crippen LogP contribution in [0.3, 0.4) is 0 Å². The van der Waals surface area contributed by atoms with E-state index in [1.165, 1.54) is 12.8 Å². The number of rotatable bonds is 6. The van der Waals surface area contributed by atoms with Crippen LogP contribution in [0.1, 0.15) is 45.6 Å². The third kappa shape index (κ3) is 4.44.